The van der Waals surface area contributed by atoms with Gasteiger partial charge in [-0.3, -0.25) is 0 Å². The fourth-order valence-corrected chi connectivity index (χ4v) is 2.04. The van der Waals surface area contributed by atoms with Gasteiger partial charge in [0.25, 0.3) is 0 Å². The summed E-state index contributed by atoms with van der Waals surface area (Å²) in [5.41, 5.74) is 6.59. The van der Waals surface area contributed by atoms with Gasteiger partial charge in [0.05, 0.1) is 0 Å². The van der Waals surface area contributed by atoms with Crippen LogP contribution in [0.15, 0.2) is 36.4 Å². The molecule has 0 saturated carbocycles. The highest BCUT2D eigenvalue weighted by atomic mass is 35.5. The average molecular weight is 298 g/mol. The van der Waals surface area contributed by atoms with Crippen LogP contribution in [0.5, 0.6) is 11.5 Å². The van der Waals surface area contributed by atoms with Crippen LogP contribution in [0.3, 0.4) is 0 Å². The van der Waals surface area contributed by atoms with Crippen molar-refractivity contribution in [3.8, 4) is 11.5 Å². The zero-order valence-electron chi connectivity index (χ0n) is 10.9. The van der Waals surface area contributed by atoms with Crippen molar-refractivity contribution >= 4 is 11.6 Å². The Morgan fingerprint density at radius 1 is 1.25 bits per heavy atom. The summed E-state index contributed by atoms with van der Waals surface area (Å²) in [6.07, 6.45) is 0.632. The molecule has 0 aliphatic carbocycles. The fourth-order valence-electron chi connectivity index (χ4n) is 1.79. The maximum Gasteiger partial charge on any atom is 0.201 e. The molecule has 20 heavy (non-hydrogen) atoms. The number of nitrogens with two attached hydrogens (primary N) is 1. The molecule has 0 aliphatic heterocycles. The summed E-state index contributed by atoms with van der Waals surface area (Å²) in [5.74, 6) is -1.82. The first-order valence-electron chi connectivity index (χ1n) is 6.13. The molecule has 1 atom stereocenters. The molecule has 0 aromatic heterocycles. The predicted molar refractivity (Wildman–Crippen MR) is 75.2 cm³/mol. The van der Waals surface area contributed by atoms with Gasteiger partial charge in [0.15, 0.2) is 11.6 Å². The van der Waals surface area contributed by atoms with Crippen molar-refractivity contribution < 1.29 is 13.5 Å². The minimum atomic E-state index is -1.02. The summed E-state index contributed by atoms with van der Waals surface area (Å²) in [6.45, 7) is 1.88. The van der Waals surface area contributed by atoms with Crippen LogP contribution in [0.4, 0.5) is 8.78 Å². The van der Waals surface area contributed by atoms with E-state index in [0.29, 0.717) is 17.2 Å². The van der Waals surface area contributed by atoms with E-state index in [1.165, 1.54) is 12.1 Å². The molecule has 0 spiro atoms. The van der Waals surface area contributed by atoms with Crippen LogP contribution in [0, 0.1) is 11.6 Å². The molecule has 2 rings (SSSR count). The molecule has 2 aromatic rings. The van der Waals surface area contributed by atoms with Gasteiger partial charge in [-0.15, -0.1) is 0 Å². The quantitative estimate of drug-likeness (QED) is 0.913. The van der Waals surface area contributed by atoms with E-state index in [-0.39, 0.29) is 11.8 Å². The van der Waals surface area contributed by atoms with Crippen molar-refractivity contribution in [1.82, 2.24) is 0 Å². The van der Waals surface area contributed by atoms with Crippen LogP contribution in [0.2, 0.25) is 5.02 Å². The molecule has 2 aromatic carbocycles. The molecule has 106 valence electrons. The normalized spacial score (nSPS) is 12.2. The van der Waals surface area contributed by atoms with Gasteiger partial charge in [-0.1, -0.05) is 23.7 Å². The summed E-state index contributed by atoms with van der Waals surface area (Å²) in [7, 11) is 0. The van der Waals surface area contributed by atoms with Crippen molar-refractivity contribution in [2.45, 2.75) is 19.4 Å². The summed E-state index contributed by atoms with van der Waals surface area (Å²) in [6, 6.07) is 8.71. The van der Waals surface area contributed by atoms with Crippen LogP contribution in [-0.2, 0) is 6.42 Å². The van der Waals surface area contributed by atoms with E-state index in [1.54, 1.807) is 18.2 Å². The summed E-state index contributed by atoms with van der Waals surface area (Å²) >= 11 is 6.11. The summed E-state index contributed by atoms with van der Waals surface area (Å²) in [4.78, 5) is 0. The van der Waals surface area contributed by atoms with Crippen LogP contribution in [0.1, 0.15) is 12.5 Å². The Morgan fingerprint density at radius 2 is 2.00 bits per heavy atom. The second-order valence-electron chi connectivity index (χ2n) is 4.59. The first-order valence-corrected chi connectivity index (χ1v) is 6.51. The molecule has 0 aliphatic rings. The lowest BCUT2D eigenvalue weighted by Gasteiger charge is -2.11. The first-order chi connectivity index (χ1) is 9.47. The average Bonchev–Trinajstić information content (AvgIpc) is 2.38. The lowest BCUT2D eigenvalue weighted by molar-refractivity contribution is 0.416. The van der Waals surface area contributed by atoms with E-state index in [2.05, 4.69) is 0 Å². The molecule has 0 heterocycles. The Kier molecular flexibility index (Phi) is 4.57. The van der Waals surface area contributed by atoms with Crippen molar-refractivity contribution in [3.05, 3.63) is 58.6 Å². The molecular formula is C15H14ClF2NO. The van der Waals surface area contributed by atoms with Gasteiger partial charge < -0.3 is 10.5 Å². The van der Waals surface area contributed by atoms with E-state index in [9.17, 15) is 8.78 Å². The van der Waals surface area contributed by atoms with Gasteiger partial charge in [-0.05, 0) is 43.2 Å². The van der Waals surface area contributed by atoms with E-state index in [4.69, 9.17) is 22.1 Å². The second kappa shape index (κ2) is 6.20. The van der Waals surface area contributed by atoms with Crippen molar-refractivity contribution in [3.63, 3.8) is 0 Å². The van der Waals surface area contributed by atoms with Gasteiger partial charge in [-0.2, -0.15) is 4.39 Å². The lowest BCUT2D eigenvalue weighted by Crippen LogP contribution is -2.17. The number of rotatable bonds is 4. The largest absolute Gasteiger partial charge is 0.454 e. The maximum absolute atomic E-state index is 13.5. The molecular weight excluding hydrogens is 284 g/mol. The van der Waals surface area contributed by atoms with Crippen LogP contribution in [0.25, 0.3) is 0 Å². The molecule has 2 N–H and O–H groups in total. The molecule has 1 unspecified atom stereocenters. The second-order valence-corrected chi connectivity index (χ2v) is 5.00. The first kappa shape index (κ1) is 14.8. The van der Waals surface area contributed by atoms with Gasteiger partial charge in [0, 0.05) is 11.1 Å². The number of hydrogen-bond donors (Lipinski definition) is 1. The van der Waals surface area contributed by atoms with Gasteiger partial charge in [0.1, 0.15) is 5.75 Å². The Morgan fingerprint density at radius 3 is 2.65 bits per heavy atom. The SMILES string of the molecule is CC(N)Cc1ccc(Oc2cccc(F)c2F)cc1Cl. The molecule has 2 nitrogen and oxygen atoms in total. The highest BCUT2D eigenvalue weighted by Gasteiger charge is 2.11. The Labute approximate surface area is 121 Å². The van der Waals surface area contributed by atoms with Crippen molar-refractivity contribution in [1.29, 1.82) is 0 Å². The Bertz CT molecular complexity index is 617. The number of benzene rings is 2. The standard InChI is InChI=1S/C15H14ClF2NO/c1-9(19)7-10-5-6-11(8-12(10)16)20-14-4-2-3-13(17)15(14)18/h2-6,8-9H,7,19H2,1H3. The number of ether oxygens (including phenoxy) is 1. The molecule has 5 heteroatoms. The topological polar surface area (TPSA) is 35.2 Å². The minimum Gasteiger partial charge on any atom is -0.454 e. The zero-order chi connectivity index (χ0) is 14.7. The van der Waals surface area contributed by atoms with E-state index >= 15 is 0 Å². The van der Waals surface area contributed by atoms with Gasteiger partial charge >= 0.3 is 0 Å². The predicted octanol–water partition coefficient (Wildman–Crippen LogP) is 4.30. The summed E-state index contributed by atoms with van der Waals surface area (Å²) < 4.78 is 31.9. The van der Waals surface area contributed by atoms with Crippen LogP contribution in [-0.4, -0.2) is 6.04 Å². The maximum atomic E-state index is 13.5. The van der Waals surface area contributed by atoms with E-state index < -0.39 is 11.6 Å². The highest BCUT2D eigenvalue weighted by molar-refractivity contribution is 6.31. The molecule has 0 fully saturated rings. The third-order valence-electron chi connectivity index (χ3n) is 2.71. The van der Waals surface area contributed by atoms with Gasteiger partial charge in [0.2, 0.25) is 5.82 Å². The summed E-state index contributed by atoms with van der Waals surface area (Å²) in [5, 5.41) is 0.483. The lowest BCUT2D eigenvalue weighted by atomic mass is 10.1. The Hall–Kier alpha value is -1.65. The third kappa shape index (κ3) is 3.46. The Balaban J connectivity index is 2.22. The smallest absolute Gasteiger partial charge is 0.201 e. The number of halogens is 3. The van der Waals surface area contributed by atoms with E-state index in [1.807, 2.05) is 6.92 Å². The fraction of sp³-hybridized carbons (Fsp3) is 0.200. The van der Waals surface area contributed by atoms with Crippen molar-refractivity contribution in [2.75, 3.05) is 0 Å². The van der Waals surface area contributed by atoms with Crippen molar-refractivity contribution in [2.24, 2.45) is 5.73 Å². The zero-order valence-corrected chi connectivity index (χ0v) is 11.6. The molecule has 0 saturated heterocycles. The number of hydrogen-bond acceptors (Lipinski definition) is 2. The molecule has 0 radical (unpaired) electrons. The third-order valence-corrected chi connectivity index (χ3v) is 3.06. The van der Waals surface area contributed by atoms with Gasteiger partial charge in [-0.25, -0.2) is 4.39 Å². The van der Waals surface area contributed by atoms with E-state index in [0.717, 1.165) is 11.6 Å². The monoisotopic (exact) mass is 297 g/mol. The molecule has 0 bridgehead atoms. The minimum absolute atomic E-state index is 0.0140. The van der Waals surface area contributed by atoms with Crippen LogP contribution < -0.4 is 10.5 Å². The highest BCUT2D eigenvalue weighted by Crippen LogP contribution is 2.29. The van der Waals surface area contributed by atoms with Crippen LogP contribution >= 0.6 is 11.6 Å². The molecule has 0 amide bonds.